The zero-order chi connectivity index (χ0) is 39.1. The van der Waals surface area contributed by atoms with Gasteiger partial charge in [0.15, 0.2) is 6.10 Å². The highest BCUT2D eigenvalue weighted by atomic mass is 31.2. The van der Waals surface area contributed by atoms with Crippen molar-refractivity contribution >= 4 is 13.8 Å². The van der Waals surface area contributed by atoms with Crippen LogP contribution in [-0.2, 0) is 27.9 Å². The van der Waals surface area contributed by atoms with Crippen LogP contribution in [0.3, 0.4) is 0 Å². The molecule has 0 heterocycles. The average Bonchev–Trinajstić information content (AvgIpc) is 3.11. The van der Waals surface area contributed by atoms with Crippen molar-refractivity contribution in [2.24, 2.45) is 0 Å². The molecular weight excluding hydrogens is 685 g/mol. The summed E-state index contributed by atoms with van der Waals surface area (Å²) in [7, 11) is 1.63. The zero-order valence-electron chi connectivity index (χ0n) is 35.3. The third-order valence-corrected chi connectivity index (χ3v) is 10.3. The largest absolute Gasteiger partial charge is 0.498 e. The summed E-state index contributed by atoms with van der Waals surface area (Å²) >= 11 is 0. The van der Waals surface area contributed by atoms with Gasteiger partial charge in [-0.25, -0.2) is 4.57 Å². The summed E-state index contributed by atoms with van der Waals surface area (Å²) in [6.07, 6.45) is 44.1. The molecule has 9 heteroatoms. The predicted molar refractivity (Wildman–Crippen MR) is 224 cm³/mol. The summed E-state index contributed by atoms with van der Waals surface area (Å²) in [5, 5.41) is 0. The number of rotatable bonds is 40. The molecule has 1 N–H and O–H groups in total. The topological polar surface area (TPSA) is 91.3 Å². The van der Waals surface area contributed by atoms with Gasteiger partial charge in [0.25, 0.3) is 0 Å². The molecule has 53 heavy (non-hydrogen) atoms. The van der Waals surface area contributed by atoms with Crippen LogP contribution in [0.25, 0.3) is 0 Å². The lowest BCUT2D eigenvalue weighted by molar-refractivity contribution is -0.870. The lowest BCUT2D eigenvalue weighted by Gasteiger charge is -2.24. The molecule has 0 radical (unpaired) electrons. The van der Waals surface area contributed by atoms with Gasteiger partial charge in [-0.05, 0) is 57.4 Å². The second-order valence-corrected chi connectivity index (χ2v) is 17.2. The van der Waals surface area contributed by atoms with Gasteiger partial charge in [-0.1, -0.05) is 154 Å². The molecule has 0 saturated heterocycles. The van der Waals surface area contributed by atoms with Crippen molar-refractivity contribution in [3.63, 3.8) is 0 Å². The minimum atomic E-state index is -4.29. The van der Waals surface area contributed by atoms with Gasteiger partial charge in [-0.15, -0.1) is 0 Å². The first-order valence-corrected chi connectivity index (χ1v) is 23.3. The van der Waals surface area contributed by atoms with E-state index in [1.807, 2.05) is 27.2 Å². The van der Waals surface area contributed by atoms with Gasteiger partial charge in [-0.2, -0.15) is 0 Å². The van der Waals surface area contributed by atoms with E-state index in [9.17, 15) is 14.3 Å². The number of allylic oxidation sites excluding steroid dienone is 5. The molecule has 0 aromatic carbocycles. The lowest BCUT2D eigenvalue weighted by atomic mass is 10.0. The number of quaternary nitrogens is 1. The minimum absolute atomic E-state index is 0.0461. The Kier molecular flexibility index (Phi) is 36.5. The van der Waals surface area contributed by atoms with E-state index in [0.29, 0.717) is 17.4 Å². The molecule has 8 nitrogen and oxygen atoms in total. The number of unbranched alkanes of at least 4 members (excludes halogenated alkanes) is 22. The second-order valence-electron chi connectivity index (χ2n) is 15.8. The Balaban J connectivity index is 4.30. The van der Waals surface area contributed by atoms with Crippen LogP contribution in [-0.4, -0.2) is 69.0 Å². The molecule has 0 aromatic heterocycles. The molecule has 0 aliphatic rings. The first kappa shape index (κ1) is 51.6. The van der Waals surface area contributed by atoms with E-state index in [-0.39, 0.29) is 25.8 Å². The molecule has 312 valence electrons. The molecule has 1 unspecified atom stereocenters. The van der Waals surface area contributed by atoms with Crippen molar-refractivity contribution in [3.8, 4) is 0 Å². The first-order chi connectivity index (χ1) is 25.6. The van der Waals surface area contributed by atoms with E-state index in [2.05, 4.69) is 38.2 Å². The number of esters is 1. The Morgan fingerprint density at radius 1 is 0.604 bits per heavy atom. The number of likely N-dealkylation sites (N-methyl/N-ethyl adjacent to an activating group) is 1. The molecule has 0 aromatic rings. The van der Waals surface area contributed by atoms with Crippen molar-refractivity contribution in [3.05, 3.63) is 36.6 Å². The highest BCUT2D eigenvalue weighted by Crippen LogP contribution is 2.43. The van der Waals surface area contributed by atoms with Gasteiger partial charge in [-0.3, -0.25) is 13.8 Å². The summed E-state index contributed by atoms with van der Waals surface area (Å²) in [6, 6.07) is 0. The van der Waals surface area contributed by atoms with Crippen molar-refractivity contribution in [2.45, 2.75) is 193 Å². The summed E-state index contributed by atoms with van der Waals surface area (Å²) in [6.45, 7) is 4.90. The molecule has 0 fully saturated rings. The smallest absolute Gasteiger partial charge is 0.472 e. The number of nitrogens with zero attached hydrogens (tertiary/aromatic N) is 1. The normalized spacial score (nSPS) is 14.1. The van der Waals surface area contributed by atoms with Crippen LogP contribution in [0.4, 0.5) is 0 Å². The summed E-state index contributed by atoms with van der Waals surface area (Å²) in [5.41, 5.74) is 0. The minimum Gasteiger partial charge on any atom is -0.498 e. The quantitative estimate of drug-likeness (QED) is 0.0166. The van der Waals surface area contributed by atoms with Gasteiger partial charge < -0.3 is 18.9 Å². The molecule has 0 bridgehead atoms. The average molecular weight is 771 g/mol. The van der Waals surface area contributed by atoms with Crippen LogP contribution >= 0.6 is 7.82 Å². The molecule has 0 amide bonds. The van der Waals surface area contributed by atoms with E-state index in [1.54, 1.807) is 6.26 Å². The van der Waals surface area contributed by atoms with Crippen molar-refractivity contribution < 1.29 is 37.3 Å². The van der Waals surface area contributed by atoms with Crippen molar-refractivity contribution in [1.82, 2.24) is 0 Å². The van der Waals surface area contributed by atoms with Crippen LogP contribution in [0.2, 0.25) is 0 Å². The second kappa shape index (κ2) is 37.5. The molecule has 0 aliphatic carbocycles. The van der Waals surface area contributed by atoms with Crippen LogP contribution < -0.4 is 0 Å². The van der Waals surface area contributed by atoms with E-state index < -0.39 is 13.9 Å². The van der Waals surface area contributed by atoms with E-state index >= 15 is 0 Å². The Hall–Kier alpha value is -1.44. The Morgan fingerprint density at radius 2 is 1.06 bits per heavy atom. The number of phosphoric ester groups is 1. The molecule has 0 saturated carbocycles. The fourth-order valence-corrected chi connectivity index (χ4v) is 6.58. The number of carbonyl (C=O) groups is 1. The van der Waals surface area contributed by atoms with Crippen LogP contribution in [0.1, 0.15) is 187 Å². The van der Waals surface area contributed by atoms with Gasteiger partial charge in [0.05, 0.1) is 34.0 Å². The monoisotopic (exact) mass is 771 g/mol. The molecule has 0 aliphatic heterocycles. The summed E-state index contributed by atoms with van der Waals surface area (Å²) in [5.74, 6) is -0.344. The van der Waals surface area contributed by atoms with Crippen LogP contribution in [0.15, 0.2) is 36.6 Å². The van der Waals surface area contributed by atoms with Crippen LogP contribution in [0.5, 0.6) is 0 Å². The highest BCUT2D eigenvalue weighted by Gasteiger charge is 2.26. The number of hydrogen-bond acceptors (Lipinski definition) is 6. The van der Waals surface area contributed by atoms with E-state index in [1.165, 1.54) is 122 Å². The maximum Gasteiger partial charge on any atom is 0.472 e. The van der Waals surface area contributed by atoms with Crippen LogP contribution in [0, 0.1) is 0 Å². The van der Waals surface area contributed by atoms with E-state index in [0.717, 1.165) is 44.9 Å². The SMILES string of the molecule is CCCCC/C=C/C/C=C/CCCCCCCCCC(=O)O[C@H](CO/C=C/CCCCCCCCCCCCCC)COP(=O)(O)OCC[N+](C)(C)C. The molecule has 0 rings (SSSR count). The fourth-order valence-electron chi connectivity index (χ4n) is 5.84. The van der Waals surface area contributed by atoms with Gasteiger partial charge >= 0.3 is 13.8 Å². The molecular formula is C44H85NO7P+. The predicted octanol–water partition coefficient (Wildman–Crippen LogP) is 13.0. The van der Waals surface area contributed by atoms with Crippen molar-refractivity contribution in [2.75, 3.05) is 47.5 Å². The van der Waals surface area contributed by atoms with Crippen molar-refractivity contribution in [1.29, 1.82) is 0 Å². The standard InChI is InChI=1S/C44H84NO7P/c1-6-8-10-12-14-16-18-20-22-23-24-25-27-29-31-33-35-37-44(46)52-43(42-51-53(47,48)50-40-38-45(3,4)5)41-49-39-36-34-32-30-28-26-21-19-17-15-13-11-9-7-2/h14,16,20,22,36,39,43H,6-13,15,17-19,21,23-35,37-38,40-42H2,1-5H3/p+1/b16-14+,22-20+,39-36+/t43-/m1/s1. The number of carbonyl (C=O) groups excluding carboxylic acids is 1. The fraction of sp³-hybridized carbons (Fsp3) is 0.841. The maximum absolute atomic E-state index is 12.7. The third kappa shape index (κ3) is 41.6. The first-order valence-electron chi connectivity index (χ1n) is 21.8. The molecule has 2 atom stereocenters. The third-order valence-electron chi connectivity index (χ3n) is 9.27. The summed E-state index contributed by atoms with van der Waals surface area (Å²) < 4.78 is 34.7. The lowest BCUT2D eigenvalue weighted by Crippen LogP contribution is -2.37. The Morgan fingerprint density at radius 3 is 1.58 bits per heavy atom. The zero-order valence-corrected chi connectivity index (χ0v) is 36.1. The number of phosphoric acid groups is 1. The number of ether oxygens (including phenoxy) is 2. The molecule has 0 spiro atoms. The summed E-state index contributed by atoms with van der Waals surface area (Å²) in [4.78, 5) is 22.8. The maximum atomic E-state index is 12.7. The van der Waals surface area contributed by atoms with Gasteiger partial charge in [0, 0.05) is 6.42 Å². The van der Waals surface area contributed by atoms with Gasteiger partial charge in [0.2, 0.25) is 0 Å². The number of hydrogen-bond donors (Lipinski definition) is 1. The Labute approximate surface area is 327 Å². The Bertz CT molecular complexity index is 947. The van der Waals surface area contributed by atoms with E-state index in [4.69, 9.17) is 18.5 Å². The highest BCUT2D eigenvalue weighted by molar-refractivity contribution is 7.47. The van der Waals surface area contributed by atoms with Gasteiger partial charge in [0.1, 0.15) is 19.8 Å².